The molecule has 0 bridgehead atoms. The second-order valence-electron chi connectivity index (χ2n) is 6.69. The fourth-order valence-corrected chi connectivity index (χ4v) is 2.85. The average molecular weight is 314 g/mol. The topological polar surface area (TPSA) is 63.3 Å². The van der Waals surface area contributed by atoms with Crippen LogP contribution in [0, 0.1) is 0 Å². The molecule has 1 amide bonds. The highest BCUT2D eigenvalue weighted by atomic mass is 16.3. The summed E-state index contributed by atoms with van der Waals surface area (Å²) >= 11 is 0. The first-order valence-electron chi connectivity index (χ1n) is 9.63. The zero-order valence-electron chi connectivity index (χ0n) is 14.8. The van der Waals surface area contributed by atoms with Crippen molar-refractivity contribution in [3.63, 3.8) is 0 Å². The Morgan fingerprint density at radius 2 is 1.18 bits per heavy atom. The summed E-state index contributed by atoms with van der Waals surface area (Å²) in [5.41, 5.74) is 5.11. The van der Waals surface area contributed by atoms with Crippen LogP contribution in [0.2, 0.25) is 0 Å². The van der Waals surface area contributed by atoms with Gasteiger partial charge in [-0.1, -0.05) is 84.0 Å². The summed E-state index contributed by atoms with van der Waals surface area (Å²) < 4.78 is 0. The van der Waals surface area contributed by atoms with E-state index in [1.54, 1.807) is 0 Å². The van der Waals surface area contributed by atoms with Crippen molar-refractivity contribution in [3.05, 3.63) is 0 Å². The van der Waals surface area contributed by atoms with Gasteiger partial charge in [-0.25, -0.2) is 0 Å². The van der Waals surface area contributed by atoms with Crippen LogP contribution in [0.5, 0.6) is 0 Å². The van der Waals surface area contributed by atoms with Crippen LogP contribution in [0.25, 0.3) is 0 Å². The molecule has 0 radical (unpaired) electrons. The first-order chi connectivity index (χ1) is 10.7. The number of amides is 1. The van der Waals surface area contributed by atoms with Crippen molar-refractivity contribution in [2.45, 2.75) is 116 Å². The van der Waals surface area contributed by atoms with Crippen LogP contribution >= 0.6 is 0 Å². The highest BCUT2D eigenvalue weighted by molar-refractivity contribution is 5.73. The van der Waals surface area contributed by atoms with Crippen molar-refractivity contribution in [3.8, 4) is 0 Å². The third kappa shape index (κ3) is 17.5. The predicted molar refractivity (Wildman–Crippen MR) is 94.7 cm³/mol. The van der Waals surface area contributed by atoms with Gasteiger partial charge in [-0.2, -0.15) is 0 Å². The fraction of sp³-hybridized carbons (Fsp3) is 0.947. The van der Waals surface area contributed by atoms with Gasteiger partial charge in [-0.05, 0) is 19.3 Å². The van der Waals surface area contributed by atoms with Crippen molar-refractivity contribution < 1.29 is 9.90 Å². The molecule has 3 nitrogen and oxygen atoms in total. The number of primary amides is 1. The molecule has 3 N–H and O–H groups in total. The molecule has 0 heterocycles. The van der Waals surface area contributed by atoms with Gasteiger partial charge in [0, 0.05) is 6.42 Å². The van der Waals surface area contributed by atoms with E-state index in [1.165, 1.54) is 64.2 Å². The van der Waals surface area contributed by atoms with Gasteiger partial charge in [0.1, 0.15) is 0 Å². The Labute approximate surface area is 138 Å². The van der Waals surface area contributed by atoms with Crippen LogP contribution in [0.3, 0.4) is 0 Å². The second-order valence-corrected chi connectivity index (χ2v) is 6.69. The van der Waals surface area contributed by atoms with Gasteiger partial charge >= 0.3 is 0 Å². The Morgan fingerprint density at radius 1 is 0.773 bits per heavy atom. The molecule has 0 aliphatic carbocycles. The summed E-state index contributed by atoms with van der Waals surface area (Å²) in [6.07, 6.45) is 18.6. The lowest BCUT2D eigenvalue weighted by atomic mass is 10.0. The highest BCUT2D eigenvalue weighted by Gasteiger charge is 2.02. The first kappa shape index (κ1) is 21.4. The summed E-state index contributed by atoms with van der Waals surface area (Å²) in [5.74, 6) is -0.169. The molecule has 0 aliphatic rings. The lowest BCUT2D eigenvalue weighted by Gasteiger charge is -2.09. The van der Waals surface area contributed by atoms with E-state index in [9.17, 15) is 9.90 Å². The van der Waals surface area contributed by atoms with Crippen LogP contribution in [0.15, 0.2) is 0 Å². The molecule has 3 heteroatoms. The number of hydrogen-bond acceptors (Lipinski definition) is 2. The molecular formula is C19H39NO2. The minimum atomic E-state index is -0.169. The van der Waals surface area contributed by atoms with E-state index < -0.39 is 0 Å². The van der Waals surface area contributed by atoms with Gasteiger partial charge in [-0.3, -0.25) is 4.79 Å². The van der Waals surface area contributed by atoms with Crippen molar-refractivity contribution in [2.24, 2.45) is 5.73 Å². The van der Waals surface area contributed by atoms with Crippen LogP contribution in [0.4, 0.5) is 0 Å². The predicted octanol–water partition coefficient (Wildman–Crippen LogP) is 5.09. The summed E-state index contributed by atoms with van der Waals surface area (Å²) in [7, 11) is 0. The molecule has 0 fully saturated rings. The third-order valence-electron chi connectivity index (χ3n) is 4.35. The van der Waals surface area contributed by atoms with Gasteiger partial charge < -0.3 is 10.8 Å². The smallest absolute Gasteiger partial charge is 0.217 e. The van der Waals surface area contributed by atoms with E-state index in [2.05, 4.69) is 6.92 Å². The normalized spacial score (nSPS) is 12.5. The quantitative estimate of drug-likeness (QED) is 0.367. The van der Waals surface area contributed by atoms with E-state index in [0.717, 1.165) is 32.1 Å². The monoisotopic (exact) mass is 313 g/mol. The molecule has 0 aromatic heterocycles. The SMILES string of the molecule is CCCCC(O)CCCCCCCCCCCCCC(N)=O. The van der Waals surface area contributed by atoms with Gasteiger partial charge in [0.15, 0.2) is 0 Å². The lowest BCUT2D eigenvalue weighted by molar-refractivity contribution is -0.118. The molecule has 22 heavy (non-hydrogen) atoms. The molecule has 0 saturated carbocycles. The molecule has 1 unspecified atom stereocenters. The van der Waals surface area contributed by atoms with Gasteiger partial charge in [0.05, 0.1) is 6.10 Å². The third-order valence-corrected chi connectivity index (χ3v) is 4.35. The van der Waals surface area contributed by atoms with Crippen molar-refractivity contribution in [1.82, 2.24) is 0 Å². The number of hydrogen-bond donors (Lipinski definition) is 2. The van der Waals surface area contributed by atoms with Crippen LogP contribution in [-0.2, 0) is 4.79 Å². The Morgan fingerprint density at radius 3 is 1.64 bits per heavy atom. The van der Waals surface area contributed by atoms with Crippen molar-refractivity contribution >= 4 is 5.91 Å². The standard InChI is InChI=1S/C19H39NO2/c1-2-3-15-18(21)16-13-11-9-7-5-4-6-8-10-12-14-17-19(20)22/h18,21H,2-17H2,1H3,(H2,20,22). The number of aliphatic hydroxyl groups excluding tert-OH is 1. The Kier molecular flexibility index (Phi) is 16.4. The van der Waals surface area contributed by atoms with E-state index in [-0.39, 0.29) is 12.0 Å². The largest absolute Gasteiger partial charge is 0.393 e. The van der Waals surface area contributed by atoms with Gasteiger partial charge in [0.2, 0.25) is 5.91 Å². The van der Waals surface area contributed by atoms with Crippen LogP contribution in [0.1, 0.15) is 110 Å². The number of nitrogens with two attached hydrogens (primary N) is 1. The highest BCUT2D eigenvalue weighted by Crippen LogP contribution is 2.14. The molecule has 0 aromatic carbocycles. The average Bonchev–Trinajstić information content (AvgIpc) is 2.49. The maximum Gasteiger partial charge on any atom is 0.217 e. The summed E-state index contributed by atoms with van der Waals surface area (Å²) in [6.45, 7) is 2.17. The minimum Gasteiger partial charge on any atom is -0.393 e. The number of unbranched alkanes of at least 4 members (excludes halogenated alkanes) is 11. The fourth-order valence-electron chi connectivity index (χ4n) is 2.85. The van der Waals surface area contributed by atoms with Crippen LogP contribution in [-0.4, -0.2) is 17.1 Å². The number of rotatable bonds is 17. The minimum absolute atomic E-state index is 0.0606. The van der Waals surface area contributed by atoms with Crippen molar-refractivity contribution in [2.75, 3.05) is 0 Å². The molecule has 0 aliphatic heterocycles. The van der Waals surface area contributed by atoms with E-state index in [1.807, 2.05) is 0 Å². The molecule has 0 saturated heterocycles. The summed E-state index contributed by atoms with van der Waals surface area (Å²) in [6, 6.07) is 0. The summed E-state index contributed by atoms with van der Waals surface area (Å²) in [4.78, 5) is 10.6. The Bertz CT molecular complexity index is 244. The molecule has 132 valence electrons. The van der Waals surface area contributed by atoms with Crippen LogP contribution < -0.4 is 5.73 Å². The Hall–Kier alpha value is -0.570. The molecule has 0 rings (SSSR count). The van der Waals surface area contributed by atoms with Crippen molar-refractivity contribution in [1.29, 1.82) is 0 Å². The maximum atomic E-state index is 10.6. The first-order valence-corrected chi connectivity index (χ1v) is 9.63. The van der Waals surface area contributed by atoms with E-state index in [0.29, 0.717) is 6.42 Å². The number of carbonyl (C=O) groups is 1. The maximum absolute atomic E-state index is 10.6. The number of carbonyl (C=O) groups excluding carboxylic acids is 1. The molecule has 1 atom stereocenters. The number of aliphatic hydroxyl groups is 1. The summed E-state index contributed by atoms with van der Waals surface area (Å²) in [5, 5.41) is 9.75. The Balaban J connectivity index is 3.07. The molecule has 0 spiro atoms. The lowest BCUT2D eigenvalue weighted by Crippen LogP contribution is -2.09. The molecular weight excluding hydrogens is 274 g/mol. The van der Waals surface area contributed by atoms with Gasteiger partial charge in [-0.15, -0.1) is 0 Å². The zero-order valence-corrected chi connectivity index (χ0v) is 14.8. The zero-order chi connectivity index (χ0) is 16.5. The van der Waals surface area contributed by atoms with E-state index >= 15 is 0 Å². The second kappa shape index (κ2) is 16.8. The van der Waals surface area contributed by atoms with Gasteiger partial charge in [0.25, 0.3) is 0 Å². The van der Waals surface area contributed by atoms with E-state index in [4.69, 9.17) is 5.73 Å². The molecule has 0 aromatic rings.